The molecular formula is C29H38N8O2S. The molecule has 2 N–H and O–H groups in total. The number of hydrogen-bond donors (Lipinski definition) is 2. The predicted octanol–water partition coefficient (Wildman–Crippen LogP) is 3.91. The van der Waals surface area contributed by atoms with Crippen molar-refractivity contribution >= 4 is 49.9 Å². The van der Waals surface area contributed by atoms with Crippen LogP contribution in [0.25, 0.3) is 21.1 Å². The molecule has 1 fully saturated rings. The largest absolute Gasteiger partial charge is 0.490 e. The molecule has 40 heavy (non-hydrogen) atoms. The number of carbonyl (C=O) groups excluding carboxylic acids is 1. The zero-order chi connectivity index (χ0) is 27.8. The number of likely N-dealkylation sites (N-methyl/N-ethyl adjacent to an activating group) is 1. The smallest absolute Gasteiger partial charge is 0.226 e. The van der Waals surface area contributed by atoms with Crippen molar-refractivity contribution < 1.29 is 9.53 Å². The minimum Gasteiger partial charge on any atom is -0.490 e. The number of rotatable bonds is 8. The molecule has 2 aliphatic rings. The van der Waals surface area contributed by atoms with Crippen LogP contribution in [0.15, 0.2) is 24.7 Å². The van der Waals surface area contributed by atoms with Crippen molar-refractivity contribution in [3.05, 3.63) is 35.1 Å². The minimum absolute atomic E-state index is 0.0426. The van der Waals surface area contributed by atoms with Gasteiger partial charge in [0.05, 0.1) is 22.8 Å². The summed E-state index contributed by atoms with van der Waals surface area (Å²) in [5.74, 6) is 1.88. The van der Waals surface area contributed by atoms with Crippen LogP contribution in [0.2, 0.25) is 0 Å². The summed E-state index contributed by atoms with van der Waals surface area (Å²) in [6.45, 7) is 3.09. The maximum Gasteiger partial charge on any atom is 0.226 e. The molecule has 0 radical (unpaired) electrons. The average molecular weight is 563 g/mol. The lowest BCUT2D eigenvalue weighted by molar-refractivity contribution is -0.137. The first-order valence-corrected chi connectivity index (χ1v) is 14.9. The molecule has 1 aliphatic carbocycles. The van der Waals surface area contributed by atoms with E-state index in [0.29, 0.717) is 18.6 Å². The van der Waals surface area contributed by atoms with Gasteiger partial charge in [-0.25, -0.2) is 9.97 Å². The SMILES string of the molecule is CN(C)CCOc1cc2[nH]ncc2cc1Nc1ncnc2sc3c(c12)CC[C@H](C(=O)N1CCC(N(C)C)CC1)C3. The fourth-order valence-corrected chi connectivity index (χ4v) is 7.20. The number of carbonyl (C=O) groups is 1. The van der Waals surface area contributed by atoms with Crippen molar-refractivity contribution in [3.63, 3.8) is 0 Å². The van der Waals surface area contributed by atoms with E-state index < -0.39 is 0 Å². The number of benzene rings is 1. The zero-order valence-corrected chi connectivity index (χ0v) is 24.6. The second-order valence-electron chi connectivity index (χ2n) is 11.4. The summed E-state index contributed by atoms with van der Waals surface area (Å²) in [4.78, 5) is 31.5. The molecule has 1 saturated heterocycles. The van der Waals surface area contributed by atoms with Crippen LogP contribution in [0.5, 0.6) is 5.75 Å². The normalized spacial score (nSPS) is 18.1. The number of nitrogens with one attached hydrogen (secondary N) is 2. The third-order valence-corrected chi connectivity index (χ3v) is 9.45. The van der Waals surface area contributed by atoms with E-state index in [2.05, 4.69) is 54.3 Å². The summed E-state index contributed by atoms with van der Waals surface area (Å²) in [6, 6.07) is 4.60. The third kappa shape index (κ3) is 5.37. The molecule has 1 aromatic carbocycles. The Labute approximate surface area is 238 Å². The van der Waals surface area contributed by atoms with Crippen LogP contribution in [-0.2, 0) is 17.6 Å². The number of thiophene rings is 1. The van der Waals surface area contributed by atoms with Crippen LogP contribution in [0.4, 0.5) is 11.5 Å². The summed E-state index contributed by atoms with van der Waals surface area (Å²) in [6.07, 6.45) is 8.03. The highest BCUT2D eigenvalue weighted by atomic mass is 32.1. The number of piperidine rings is 1. The first-order valence-electron chi connectivity index (χ1n) is 14.1. The third-order valence-electron chi connectivity index (χ3n) is 8.29. The molecule has 6 rings (SSSR count). The van der Waals surface area contributed by atoms with Crippen molar-refractivity contribution in [1.82, 2.24) is 34.9 Å². The number of likely N-dealkylation sites (tertiary alicyclic amines) is 1. The molecular weight excluding hydrogens is 524 g/mol. The van der Waals surface area contributed by atoms with Gasteiger partial charge in [0, 0.05) is 47.9 Å². The van der Waals surface area contributed by atoms with E-state index in [1.807, 2.05) is 32.4 Å². The Bertz CT molecular complexity index is 1500. The number of H-pyrrole nitrogens is 1. The Morgan fingerprint density at radius 1 is 1.18 bits per heavy atom. The topological polar surface area (TPSA) is 103 Å². The zero-order valence-electron chi connectivity index (χ0n) is 23.7. The van der Waals surface area contributed by atoms with Crippen LogP contribution in [0.1, 0.15) is 29.7 Å². The molecule has 0 saturated carbocycles. The molecule has 212 valence electrons. The van der Waals surface area contributed by atoms with Gasteiger partial charge in [0.15, 0.2) is 0 Å². The number of fused-ring (bicyclic) bond motifs is 4. The highest BCUT2D eigenvalue weighted by molar-refractivity contribution is 7.19. The number of amides is 1. The van der Waals surface area contributed by atoms with Gasteiger partial charge in [-0.3, -0.25) is 9.89 Å². The van der Waals surface area contributed by atoms with Crippen LogP contribution in [-0.4, -0.2) is 101 Å². The lowest BCUT2D eigenvalue weighted by Gasteiger charge is -2.37. The highest BCUT2D eigenvalue weighted by Crippen LogP contribution is 2.42. The monoisotopic (exact) mass is 562 g/mol. The van der Waals surface area contributed by atoms with Gasteiger partial charge < -0.3 is 24.8 Å². The Balaban J connectivity index is 1.24. The van der Waals surface area contributed by atoms with Crippen molar-refractivity contribution in [2.75, 3.05) is 59.7 Å². The lowest BCUT2D eigenvalue weighted by Crippen LogP contribution is -2.47. The number of aromatic nitrogens is 4. The number of aryl methyl sites for hydroxylation is 1. The lowest BCUT2D eigenvalue weighted by atomic mass is 9.86. The number of hydrogen-bond acceptors (Lipinski definition) is 9. The molecule has 3 aromatic heterocycles. The molecule has 11 heteroatoms. The summed E-state index contributed by atoms with van der Waals surface area (Å²) in [5.41, 5.74) is 3.04. The van der Waals surface area contributed by atoms with E-state index in [4.69, 9.17) is 4.74 Å². The van der Waals surface area contributed by atoms with Crippen molar-refractivity contribution in [3.8, 4) is 5.75 Å². The van der Waals surface area contributed by atoms with E-state index in [1.165, 1.54) is 10.4 Å². The molecule has 1 atom stereocenters. The Morgan fingerprint density at radius 2 is 2.00 bits per heavy atom. The Kier molecular flexibility index (Phi) is 7.61. The molecule has 4 aromatic rings. The van der Waals surface area contributed by atoms with Gasteiger partial charge in [-0.15, -0.1) is 11.3 Å². The quantitative estimate of drug-likeness (QED) is 0.333. The predicted molar refractivity (Wildman–Crippen MR) is 160 cm³/mol. The maximum absolute atomic E-state index is 13.5. The van der Waals surface area contributed by atoms with Gasteiger partial charge in [0.1, 0.15) is 29.3 Å². The van der Waals surface area contributed by atoms with Crippen LogP contribution < -0.4 is 10.1 Å². The molecule has 1 amide bonds. The highest BCUT2D eigenvalue weighted by Gasteiger charge is 2.33. The van der Waals surface area contributed by atoms with Gasteiger partial charge in [-0.1, -0.05) is 0 Å². The van der Waals surface area contributed by atoms with Gasteiger partial charge >= 0.3 is 0 Å². The van der Waals surface area contributed by atoms with E-state index >= 15 is 0 Å². The van der Waals surface area contributed by atoms with Crippen molar-refractivity contribution in [2.24, 2.45) is 5.92 Å². The molecule has 10 nitrogen and oxygen atoms in total. The number of ether oxygens (including phenoxy) is 1. The van der Waals surface area contributed by atoms with Gasteiger partial charge in [0.25, 0.3) is 0 Å². The standard InChI is InChI=1S/C29H38N8O2S/c1-35(2)11-12-39-24-15-22-19(16-32-34-22)13-23(24)33-27-26-21-6-5-18(14-25(21)40-28(26)31-17-30-27)29(38)37-9-7-20(8-10-37)36(3)4/h13,15-18,20H,5-12,14H2,1-4H3,(H,32,34)(H,30,31,33)/t18-/m0/s1. The number of nitrogens with zero attached hydrogens (tertiary/aromatic N) is 6. The van der Waals surface area contributed by atoms with E-state index in [0.717, 1.165) is 90.1 Å². The first-order chi connectivity index (χ1) is 19.4. The summed E-state index contributed by atoms with van der Waals surface area (Å²) >= 11 is 1.70. The Morgan fingerprint density at radius 3 is 2.77 bits per heavy atom. The van der Waals surface area contributed by atoms with E-state index in [-0.39, 0.29) is 5.92 Å². The van der Waals surface area contributed by atoms with Crippen molar-refractivity contribution in [1.29, 1.82) is 0 Å². The number of aromatic amines is 1. The second-order valence-corrected chi connectivity index (χ2v) is 12.5. The summed E-state index contributed by atoms with van der Waals surface area (Å²) < 4.78 is 6.18. The van der Waals surface area contributed by atoms with Crippen molar-refractivity contribution in [2.45, 2.75) is 38.1 Å². The average Bonchev–Trinajstić information content (AvgIpc) is 3.56. The second kappa shape index (κ2) is 11.3. The molecule has 0 spiro atoms. The minimum atomic E-state index is 0.0426. The van der Waals surface area contributed by atoms with E-state index in [1.54, 1.807) is 17.7 Å². The van der Waals surface area contributed by atoms with Crippen LogP contribution >= 0.6 is 11.3 Å². The van der Waals surface area contributed by atoms with Gasteiger partial charge in [-0.05, 0) is 71.9 Å². The van der Waals surface area contributed by atoms with E-state index in [9.17, 15) is 4.79 Å². The first kappa shape index (κ1) is 26.9. The van der Waals surface area contributed by atoms with Crippen LogP contribution in [0.3, 0.4) is 0 Å². The maximum atomic E-state index is 13.5. The molecule has 0 unspecified atom stereocenters. The summed E-state index contributed by atoms with van der Waals surface area (Å²) in [5, 5.41) is 12.9. The molecule has 0 bridgehead atoms. The number of anilines is 2. The molecule has 1 aliphatic heterocycles. The Hall–Kier alpha value is -3.28. The fourth-order valence-electron chi connectivity index (χ4n) is 5.93. The molecule has 4 heterocycles. The fraction of sp³-hybridized carbons (Fsp3) is 0.517. The van der Waals surface area contributed by atoms with Crippen LogP contribution in [0, 0.1) is 5.92 Å². The van der Waals surface area contributed by atoms with Gasteiger partial charge in [0.2, 0.25) is 5.91 Å². The summed E-state index contributed by atoms with van der Waals surface area (Å²) in [7, 11) is 8.33. The van der Waals surface area contributed by atoms with Gasteiger partial charge in [-0.2, -0.15) is 5.10 Å².